The molecule has 0 bridgehead atoms. The summed E-state index contributed by atoms with van der Waals surface area (Å²) in [4.78, 5) is 23.0. The number of carbonyl (C=O) groups excluding carboxylic acids is 1. The Balaban J connectivity index is 1.70. The molecule has 1 aliphatic heterocycles. The second kappa shape index (κ2) is 7.44. The molecule has 1 saturated heterocycles. The average molecular weight is 330 g/mol. The third-order valence-electron chi connectivity index (χ3n) is 4.13. The van der Waals surface area contributed by atoms with Gasteiger partial charge in [-0.1, -0.05) is 0 Å². The predicted molar refractivity (Wildman–Crippen MR) is 90.2 cm³/mol. The molecular formula is C17H22N4O3. The minimum absolute atomic E-state index is 0.184. The van der Waals surface area contributed by atoms with Gasteiger partial charge in [0.25, 0.3) is 5.91 Å². The zero-order valence-corrected chi connectivity index (χ0v) is 14.0. The van der Waals surface area contributed by atoms with E-state index in [4.69, 9.17) is 9.15 Å². The van der Waals surface area contributed by atoms with E-state index in [1.54, 1.807) is 6.20 Å². The maximum absolute atomic E-state index is 12.5. The largest absolute Gasteiger partial charge is 0.445 e. The molecule has 2 aromatic heterocycles. The lowest BCUT2D eigenvalue weighted by Gasteiger charge is -2.19. The molecule has 0 aliphatic carbocycles. The zero-order valence-electron chi connectivity index (χ0n) is 14.0. The van der Waals surface area contributed by atoms with E-state index in [9.17, 15) is 4.79 Å². The SMILES string of the molecule is CCN(CC)c1ccc(NC(=O)c2ncoc2[C@@H]2CCCO2)cn1. The molecule has 1 N–H and O–H groups in total. The monoisotopic (exact) mass is 330 g/mol. The second-order valence-corrected chi connectivity index (χ2v) is 5.60. The van der Waals surface area contributed by atoms with Crippen LogP contribution in [0.3, 0.4) is 0 Å². The molecule has 1 atom stereocenters. The van der Waals surface area contributed by atoms with Gasteiger partial charge in [-0.05, 0) is 38.8 Å². The van der Waals surface area contributed by atoms with Crippen LogP contribution < -0.4 is 10.2 Å². The molecule has 0 radical (unpaired) electrons. The fourth-order valence-corrected chi connectivity index (χ4v) is 2.82. The molecule has 0 spiro atoms. The second-order valence-electron chi connectivity index (χ2n) is 5.60. The Kier molecular flexibility index (Phi) is 5.10. The fraction of sp³-hybridized carbons (Fsp3) is 0.471. The van der Waals surface area contributed by atoms with Crippen LogP contribution in [0.5, 0.6) is 0 Å². The van der Waals surface area contributed by atoms with Crippen molar-refractivity contribution < 1.29 is 13.9 Å². The highest BCUT2D eigenvalue weighted by Gasteiger charge is 2.28. The van der Waals surface area contributed by atoms with Crippen LogP contribution in [0.1, 0.15) is 49.0 Å². The number of nitrogens with zero attached hydrogens (tertiary/aromatic N) is 3. The number of amides is 1. The van der Waals surface area contributed by atoms with Crippen LogP contribution in [-0.2, 0) is 4.74 Å². The van der Waals surface area contributed by atoms with Gasteiger partial charge in [0, 0.05) is 19.7 Å². The molecule has 2 aromatic rings. The van der Waals surface area contributed by atoms with Crippen molar-refractivity contribution in [3.8, 4) is 0 Å². The molecule has 1 amide bonds. The lowest BCUT2D eigenvalue weighted by Crippen LogP contribution is -2.23. The first-order chi connectivity index (χ1) is 11.7. The van der Waals surface area contributed by atoms with Gasteiger partial charge in [0.2, 0.25) is 0 Å². The number of pyridine rings is 1. The van der Waals surface area contributed by atoms with Gasteiger partial charge in [0.15, 0.2) is 17.8 Å². The van der Waals surface area contributed by atoms with Gasteiger partial charge in [-0.2, -0.15) is 0 Å². The molecule has 24 heavy (non-hydrogen) atoms. The van der Waals surface area contributed by atoms with Crippen molar-refractivity contribution in [3.63, 3.8) is 0 Å². The van der Waals surface area contributed by atoms with E-state index in [0.29, 0.717) is 18.1 Å². The van der Waals surface area contributed by atoms with E-state index in [0.717, 1.165) is 31.7 Å². The highest BCUT2D eigenvalue weighted by Crippen LogP contribution is 2.30. The molecular weight excluding hydrogens is 308 g/mol. The number of aromatic nitrogens is 2. The Morgan fingerprint density at radius 2 is 2.17 bits per heavy atom. The normalized spacial score (nSPS) is 17.0. The number of hydrogen-bond donors (Lipinski definition) is 1. The lowest BCUT2D eigenvalue weighted by molar-refractivity contribution is 0.0889. The van der Waals surface area contributed by atoms with Crippen LogP contribution in [-0.4, -0.2) is 35.6 Å². The number of nitrogens with one attached hydrogen (secondary N) is 1. The minimum Gasteiger partial charge on any atom is -0.445 e. The van der Waals surface area contributed by atoms with E-state index in [1.165, 1.54) is 6.39 Å². The quantitative estimate of drug-likeness (QED) is 0.877. The van der Waals surface area contributed by atoms with Crippen molar-refractivity contribution in [3.05, 3.63) is 36.2 Å². The molecule has 128 valence electrons. The highest BCUT2D eigenvalue weighted by molar-refractivity contribution is 6.03. The molecule has 3 heterocycles. The van der Waals surface area contributed by atoms with Gasteiger partial charge in [-0.25, -0.2) is 9.97 Å². The van der Waals surface area contributed by atoms with E-state index < -0.39 is 0 Å². The van der Waals surface area contributed by atoms with Crippen LogP contribution in [0, 0.1) is 0 Å². The third-order valence-corrected chi connectivity index (χ3v) is 4.13. The molecule has 1 aliphatic rings. The van der Waals surface area contributed by atoms with Gasteiger partial charge >= 0.3 is 0 Å². The summed E-state index contributed by atoms with van der Waals surface area (Å²) >= 11 is 0. The summed E-state index contributed by atoms with van der Waals surface area (Å²) in [5.74, 6) is 1.07. The summed E-state index contributed by atoms with van der Waals surface area (Å²) in [6.45, 7) is 6.62. The maximum atomic E-state index is 12.5. The number of rotatable bonds is 6. The fourth-order valence-electron chi connectivity index (χ4n) is 2.82. The molecule has 1 fully saturated rings. The minimum atomic E-state index is -0.313. The van der Waals surface area contributed by atoms with Crippen LogP contribution in [0.2, 0.25) is 0 Å². The molecule has 0 saturated carbocycles. The standard InChI is InChI=1S/C17H22N4O3/c1-3-21(4-2)14-8-7-12(10-18-14)20-17(22)15-16(24-11-19-15)13-6-5-9-23-13/h7-8,10-11,13H,3-6,9H2,1-2H3,(H,20,22)/t13-/m0/s1. The highest BCUT2D eigenvalue weighted by atomic mass is 16.5. The van der Waals surface area contributed by atoms with E-state index in [1.807, 2.05) is 12.1 Å². The molecule has 3 rings (SSSR count). The smallest absolute Gasteiger partial charge is 0.278 e. The van der Waals surface area contributed by atoms with Gasteiger partial charge in [0.1, 0.15) is 11.9 Å². The molecule has 0 unspecified atom stereocenters. The van der Waals surface area contributed by atoms with Crippen molar-refractivity contribution >= 4 is 17.4 Å². The van der Waals surface area contributed by atoms with E-state index in [2.05, 4.69) is 34.0 Å². The van der Waals surface area contributed by atoms with E-state index >= 15 is 0 Å². The first kappa shape index (κ1) is 16.4. The van der Waals surface area contributed by atoms with Crippen molar-refractivity contribution in [1.29, 1.82) is 0 Å². The van der Waals surface area contributed by atoms with Crippen LogP contribution in [0.25, 0.3) is 0 Å². The topological polar surface area (TPSA) is 80.5 Å². The summed E-state index contributed by atoms with van der Waals surface area (Å²) in [7, 11) is 0. The Morgan fingerprint density at radius 3 is 2.79 bits per heavy atom. The first-order valence-corrected chi connectivity index (χ1v) is 8.30. The molecule has 7 nitrogen and oxygen atoms in total. The molecule has 0 aromatic carbocycles. The van der Waals surface area contributed by atoms with Gasteiger partial charge < -0.3 is 19.4 Å². The zero-order chi connectivity index (χ0) is 16.9. The number of hydrogen-bond acceptors (Lipinski definition) is 6. The van der Waals surface area contributed by atoms with Crippen molar-refractivity contribution in [1.82, 2.24) is 9.97 Å². The number of anilines is 2. The first-order valence-electron chi connectivity index (χ1n) is 8.30. The maximum Gasteiger partial charge on any atom is 0.278 e. The predicted octanol–water partition coefficient (Wildman–Crippen LogP) is 3.02. The van der Waals surface area contributed by atoms with Gasteiger partial charge in [-0.15, -0.1) is 0 Å². The number of carbonyl (C=O) groups is 1. The number of ether oxygens (including phenoxy) is 1. The Bertz CT molecular complexity index is 673. The summed E-state index contributed by atoms with van der Waals surface area (Å²) < 4.78 is 10.9. The van der Waals surface area contributed by atoms with Crippen LogP contribution in [0.4, 0.5) is 11.5 Å². The Labute approximate surface area is 141 Å². The number of oxazole rings is 1. The summed E-state index contributed by atoms with van der Waals surface area (Å²) in [5, 5.41) is 2.81. The van der Waals surface area contributed by atoms with Crippen LogP contribution >= 0.6 is 0 Å². The summed E-state index contributed by atoms with van der Waals surface area (Å²) in [5.41, 5.74) is 0.895. The van der Waals surface area contributed by atoms with Crippen molar-refractivity contribution in [2.75, 3.05) is 29.9 Å². The lowest BCUT2D eigenvalue weighted by atomic mass is 10.1. The Hall–Kier alpha value is -2.41. The molecule has 7 heteroatoms. The van der Waals surface area contributed by atoms with Crippen LogP contribution in [0.15, 0.2) is 29.1 Å². The van der Waals surface area contributed by atoms with E-state index in [-0.39, 0.29) is 17.7 Å². The van der Waals surface area contributed by atoms with Crippen molar-refractivity contribution in [2.24, 2.45) is 0 Å². The summed E-state index contributed by atoms with van der Waals surface area (Å²) in [6.07, 6.45) is 4.56. The van der Waals surface area contributed by atoms with Gasteiger partial charge in [-0.3, -0.25) is 4.79 Å². The summed E-state index contributed by atoms with van der Waals surface area (Å²) in [6, 6.07) is 3.73. The average Bonchev–Trinajstić information content (AvgIpc) is 3.28. The third kappa shape index (κ3) is 3.41. The Morgan fingerprint density at radius 1 is 1.33 bits per heavy atom. The van der Waals surface area contributed by atoms with Crippen molar-refractivity contribution in [2.45, 2.75) is 32.8 Å². The van der Waals surface area contributed by atoms with Gasteiger partial charge in [0.05, 0.1) is 11.9 Å².